The zero-order valence-electron chi connectivity index (χ0n) is 12.0. The largest absolute Gasteiger partial charge is 0.563 e. The van der Waals surface area contributed by atoms with Gasteiger partial charge in [-0.25, -0.2) is 4.79 Å². The fraction of sp³-hybridized carbons (Fsp3) is 0.867. The van der Waals surface area contributed by atoms with Crippen molar-refractivity contribution in [3.63, 3.8) is 0 Å². The van der Waals surface area contributed by atoms with Crippen molar-refractivity contribution in [3.8, 4) is 0 Å². The number of hydrogen-bond acceptors (Lipinski definition) is 3. The van der Waals surface area contributed by atoms with E-state index < -0.39 is 18.1 Å². The van der Waals surface area contributed by atoms with E-state index in [0.717, 1.165) is 51.4 Å². The van der Waals surface area contributed by atoms with Gasteiger partial charge >= 0.3 is 12.1 Å². The van der Waals surface area contributed by atoms with Crippen LogP contribution >= 0.6 is 0 Å². The highest BCUT2D eigenvalue weighted by molar-refractivity contribution is 5.80. The van der Waals surface area contributed by atoms with Crippen molar-refractivity contribution in [1.82, 2.24) is 5.32 Å². The van der Waals surface area contributed by atoms with Crippen LogP contribution in [0.25, 0.3) is 0 Å². The van der Waals surface area contributed by atoms with Crippen LogP contribution < -0.4 is 5.32 Å². The molecule has 0 heterocycles. The summed E-state index contributed by atoms with van der Waals surface area (Å²) in [6, 6.07) is -0.689. The molecule has 0 aromatic heterocycles. The van der Waals surface area contributed by atoms with Crippen molar-refractivity contribution in [2.45, 2.75) is 76.4 Å². The lowest BCUT2D eigenvalue weighted by Gasteiger charge is -2.27. The monoisotopic (exact) mass is 284 g/mol. The Morgan fingerprint density at radius 3 is 2.05 bits per heavy atom. The maximum Gasteiger partial charge on any atom is 0.539 e. The van der Waals surface area contributed by atoms with Crippen LogP contribution in [-0.4, -0.2) is 29.3 Å². The van der Waals surface area contributed by atoms with Crippen LogP contribution in [0.5, 0.6) is 0 Å². The summed E-state index contributed by atoms with van der Waals surface area (Å²) in [6.07, 6.45) is 9.86. The Labute approximate surface area is 120 Å². The van der Waals surface area contributed by atoms with E-state index in [1.165, 1.54) is 12.8 Å². The molecule has 0 saturated heterocycles. The zero-order valence-corrected chi connectivity index (χ0v) is 12.0. The molecule has 114 valence electrons. The Bertz CT molecular complexity index is 333. The summed E-state index contributed by atoms with van der Waals surface area (Å²) in [5, 5.41) is 10.0. The Hall–Kier alpha value is -1.26. The highest BCUT2D eigenvalue weighted by atomic mass is 16.6. The van der Waals surface area contributed by atoms with Crippen molar-refractivity contribution in [3.05, 3.63) is 0 Å². The van der Waals surface area contributed by atoms with E-state index in [9.17, 15) is 9.59 Å². The van der Waals surface area contributed by atoms with Gasteiger partial charge in [0.05, 0.1) is 0 Å². The summed E-state index contributed by atoms with van der Waals surface area (Å²) in [4.78, 5) is 23.4. The summed E-state index contributed by atoms with van der Waals surface area (Å²) in [6.45, 7) is 0. The quantitative estimate of drug-likeness (QED) is 0.804. The molecule has 2 rings (SSSR count). The predicted octanol–water partition coefficient (Wildman–Crippen LogP) is 2.25. The zero-order chi connectivity index (χ0) is 14.4. The molecule has 1 atom stereocenters. The molecule has 2 fully saturated rings. The average molecular weight is 284 g/mol. The average Bonchev–Trinajstić information content (AvgIpc) is 2.46. The third kappa shape index (κ3) is 4.39. The van der Waals surface area contributed by atoms with E-state index in [0.29, 0.717) is 0 Å². The molecule has 0 aromatic rings. The van der Waals surface area contributed by atoms with Crippen LogP contribution in [0.4, 0.5) is 4.79 Å². The normalized spacial score (nSPS) is 23.0. The maximum atomic E-state index is 11.9. The van der Waals surface area contributed by atoms with E-state index in [-0.39, 0.29) is 12.0 Å². The molecule has 3 N–H and O–H groups in total. The van der Waals surface area contributed by atoms with Crippen LogP contribution in [0.3, 0.4) is 0 Å². The molecule has 0 unspecified atom stereocenters. The first-order valence-electron chi connectivity index (χ1n) is 7.89. The lowest BCUT2D eigenvalue weighted by atomic mass is 9.84. The van der Waals surface area contributed by atoms with E-state index in [1.807, 2.05) is 0 Å². The molecular weight excluding hydrogens is 258 g/mol. The van der Waals surface area contributed by atoms with Crippen LogP contribution in [-0.2, 0) is 9.53 Å². The van der Waals surface area contributed by atoms with Crippen LogP contribution in [0.1, 0.15) is 64.2 Å². The maximum absolute atomic E-state index is 11.9. The SMILES string of the molecule is O=C(N[C@H](C(=O)[OH2+])C1CCCCC1)OC1CCCCC1. The van der Waals surface area contributed by atoms with Crippen molar-refractivity contribution in [2.75, 3.05) is 0 Å². The Morgan fingerprint density at radius 1 is 0.950 bits per heavy atom. The third-order valence-corrected chi connectivity index (χ3v) is 4.50. The first kappa shape index (κ1) is 15.1. The molecule has 0 aliphatic heterocycles. The molecule has 5 nitrogen and oxygen atoms in total. The molecule has 0 aromatic carbocycles. The highest BCUT2D eigenvalue weighted by Crippen LogP contribution is 2.27. The molecule has 2 aliphatic carbocycles. The smallest absolute Gasteiger partial charge is 0.539 e. The van der Waals surface area contributed by atoms with Gasteiger partial charge in [0.25, 0.3) is 0 Å². The van der Waals surface area contributed by atoms with E-state index in [1.54, 1.807) is 0 Å². The molecule has 5 heteroatoms. The summed E-state index contributed by atoms with van der Waals surface area (Å²) < 4.78 is 5.38. The van der Waals surface area contributed by atoms with Crippen molar-refractivity contribution >= 4 is 12.1 Å². The van der Waals surface area contributed by atoms with Gasteiger partial charge in [-0.15, -0.1) is 0 Å². The topological polar surface area (TPSA) is 78.3 Å². The molecule has 2 saturated carbocycles. The summed E-state index contributed by atoms with van der Waals surface area (Å²) in [7, 11) is 0. The van der Waals surface area contributed by atoms with Crippen LogP contribution in [0, 0.1) is 5.92 Å². The number of rotatable bonds is 4. The van der Waals surface area contributed by atoms with Crippen molar-refractivity contribution in [2.24, 2.45) is 5.92 Å². The number of amides is 1. The second-order valence-corrected chi connectivity index (χ2v) is 6.05. The first-order valence-corrected chi connectivity index (χ1v) is 7.89. The van der Waals surface area contributed by atoms with Gasteiger partial charge in [0.2, 0.25) is 0 Å². The second kappa shape index (κ2) is 7.50. The van der Waals surface area contributed by atoms with Gasteiger partial charge in [-0.3, -0.25) is 0 Å². The van der Waals surface area contributed by atoms with Gasteiger partial charge in [-0.1, -0.05) is 25.7 Å². The number of carbonyl (C=O) groups excluding carboxylic acids is 2. The van der Waals surface area contributed by atoms with Crippen LogP contribution in [0.2, 0.25) is 0 Å². The third-order valence-electron chi connectivity index (χ3n) is 4.50. The van der Waals surface area contributed by atoms with Crippen molar-refractivity contribution in [1.29, 1.82) is 0 Å². The Morgan fingerprint density at radius 2 is 1.50 bits per heavy atom. The predicted molar refractivity (Wildman–Crippen MR) is 75.5 cm³/mol. The second-order valence-electron chi connectivity index (χ2n) is 6.05. The fourth-order valence-corrected chi connectivity index (χ4v) is 3.36. The molecule has 1 amide bonds. The van der Waals surface area contributed by atoms with Gasteiger partial charge in [0, 0.05) is 4.79 Å². The number of carbonyl (C=O) groups is 2. The van der Waals surface area contributed by atoms with Gasteiger partial charge in [-0.05, 0) is 44.4 Å². The summed E-state index contributed by atoms with van der Waals surface area (Å²) in [5.74, 6) is -0.592. The van der Waals surface area contributed by atoms with E-state index in [2.05, 4.69) is 5.32 Å². The van der Waals surface area contributed by atoms with Gasteiger partial charge in [0.1, 0.15) is 6.10 Å². The minimum absolute atomic E-state index is 0.0170. The van der Waals surface area contributed by atoms with Gasteiger partial charge < -0.3 is 15.2 Å². The summed E-state index contributed by atoms with van der Waals surface area (Å²) >= 11 is 0. The lowest BCUT2D eigenvalue weighted by Crippen LogP contribution is -2.47. The first-order chi connectivity index (χ1) is 9.66. The van der Waals surface area contributed by atoms with Crippen molar-refractivity contribution < 1.29 is 19.4 Å². The molecule has 2 aliphatic rings. The standard InChI is InChI=1S/C15H25NO4/c17-14(18)13(11-7-3-1-4-8-11)16-15(19)20-12-9-5-2-6-10-12/h11-13H,1-10H2,(H,16,19)(H,17,18)/p+1/t13-/m0/s1. The van der Waals surface area contributed by atoms with Gasteiger partial charge in [0.15, 0.2) is 6.04 Å². The molecule has 0 spiro atoms. The molecule has 0 radical (unpaired) electrons. The molecule has 0 bridgehead atoms. The number of ether oxygens (including phenoxy) is 1. The van der Waals surface area contributed by atoms with Gasteiger partial charge in [-0.2, -0.15) is 0 Å². The molecular formula is C15H26NO4+. The Kier molecular flexibility index (Phi) is 5.68. The van der Waals surface area contributed by atoms with E-state index >= 15 is 0 Å². The summed E-state index contributed by atoms with van der Waals surface area (Å²) in [5.41, 5.74) is 0. The minimum Gasteiger partial charge on any atom is -0.563 e. The fourth-order valence-electron chi connectivity index (χ4n) is 3.36. The minimum atomic E-state index is -0.697. The van der Waals surface area contributed by atoms with E-state index in [4.69, 9.17) is 9.84 Å². The van der Waals surface area contributed by atoms with Crippen LogP contribution in [0.15, 0.2) is 0 Å². The lowest BCUT2D eigenvalue weighted by molar-refractivity contribution is -0.141. The molecule has 20 heavy (non-hydrogen) atoms. The highest BCUT2D eigenvalue weighted by Gasteiger charge is 2.36. The number of alkyl carbamates (subject to hydrolysis) is 1. The Balaban J connectivity index is 1.83. The number of nitrogens with one attached hydrogen (secondary N) is 1. The number of hydrogen-bond donors (Lipinski definition) is 1.